The average molecular weight is 604 g/mol. The number of anilines is 1. The second-order valence-electron chi connectivity index (χ2n) is 11.3. The van der Waals surface area contributed by atoms with Crippen LogP contribution < -0.4 is 10.2 Å². The van der Waals surface area contributed by atoms with Crippen molar-refractivity contribution in [3.8, 4) is 0 Å². The molecule has 0 bridgehead atoms. The minimum atomic E-state index is -0.842. The standard InChI is InChI=1S/C33H41N5O6/c39-23-25-8-10-26(11-9-25)29-20-28(22-37-16-18-38(19-17-37)33-34-14-3-15-35-33)43-32(44-29)27-12-6-24(7-13-27)21-36-30(40)4-1-2-5-31(41)42/h3,6-15,28-29,32,39H,1-2,4-5,16-23H2,(H,36,40)(H,41,42). The Morgan fingerprint density at radius 2 is 1.52 bits per heavy atom. The topological polar surface area (TPSA) is 137 Å². The van der Waals surface area contributed by atoms with E-state index in [4.69, 9.17) is 14.6 Å². The van der Waals surface area contributed by atoms with E-state index in [1.807, 2.05) is 54.6 Å². The number of aliphatic carboxylic acids is 1. The molecule has 0 spiro atoms. The molecule has 44 heavy (non-hydrogen) atoms. The SMILES string of the molecule is O=C(O)CCCCC(=O)NCc1ccc(C2OC(CN3CCN(c4ncccn4)CC3)CC(c3ccc(CO)cc3)O2)cc1. The van der Waals surface area contributed by atoms with Gasteiger partial charge in [-0.15, -0.1) is 0 Å². The van der Waals surface area contributed by atoms with Crippen LogP contribution in [0.4, 0.5) is 5.95 Å². The number of amides is 1. The number of aliphatic hydroxyl groups is 1. The fourth-order valence-electron chi connectivity index (χ4n) is 5.55. The van der Waals surface area contributed by atoms with Gasteiger partial charge in [-0.25, -0.2) is 9.97 Å². The lowest BCUT2D eigenvalue weighted by atomic mass is 9.99. The molecular formula is C33H41N5O6. The molecule has 1 aromatic heterocycles. The van der Waals surface area contributed by atoms with E-state index >= 15 is 0 Å². The molecule has 1 amide bonds. The van der Waals surface area contributed by atoms with Crippen LogP contribution in [0.1, 0.15) is 66.8 Å². The number of carbonyl (C=O) groups is 2. The lowest BCUT2D eigenvalue weighted by Crippen LogP contribution is -2.50. The van der Waals surface area contributed by atoms with E-state index in [1.54, 1.807) is 12.4 Å². The molecule has 3 aromatic rings. The third-order valence-corrected chi connectivity index (χ3v) is 8.07. The van der Waals surface area contributed by atoms with E-state index in [1.165, 1.54) is 0 Å². The molecule has 2 aliphatic heterocycles. The summed E-state index contributed by atoms with van der Waals surface area (Å²) in [6.45, 7) is 4.65. The van der Waals surface area contributed by atoms with Crippen LogP contribution in [0, 0.1) is 0 Å². The van der Waals surface area contributed by atoms with Gasteiger partial charge in [-0.2, -0.15) is 0 Å². The minimum absolute atomic E-state index is 0.00229. The van der Waals surface area contributed by atoms with Gasteiger partial charge < -0.3 is 29.9 Å². The number of unbranched alkanes of at least 4 members (excludes halogenated alkanes) is 1. The number of benzene rings is 2. The maximum absolute atomic E-state index is 12.2. The molecule has 2 saturated heterocycles. The Hall–Kier alpha value is -3.90. The van der Waals surface area contributed by atoms with Crippen LogP contribution in [-0.4, -0.2) is 75.8 Å². The van der Waals surface area contributed by atoms with Crippen LogP contribution >= 0.6 is 0 Å². The highest BCUT2D eigenvalue weighted by Gasteiger charge is 2.34. The Balaban J connectivity index is 1.19. The molecule has 3 atom stereocenters. The summed E-state index contributed by atoms with van der Waals surface area (Å²) in [6.07, 6.45) is 4.94. The van der Waals surface area contributed by atoms with Gasteiger partial charge >= 0.3 is 5.97 Å². The van der Waals surface area contributed by atoms with E-state index < -0.39 is 12.3 Å². The van der Waals surface area contributed by atoms with Crippen LogP contribution in [0.3, 0.4) is 0 Å². The summed E-state index contributed by atoms with van der Waals surface area (Å²) in [7, 11) is 0. The normalized spacial score (nSPS) is 20.8. The summed E-state index contributed by atoms with van der Waals surface area (Å²) in [6, 6.07) is 17.6. The molecule has 3 unspecified atom stereocenters. The van der Waals surface area contributed by atoms with Crippen LogP contribution in [0.2, 0.25) is 0 Å². The second kappa shape index (κ2) is 15.7. The molecule has 0 aliphatic carbocycles. The zero-order chi connectivity index (χ0) is 30.7. The summed E-state index contributed by atoms with van der Waals surface area (Å²) >= 11 is 0. The number of carbonyl (C=O) groups excluding carboxylic acids is 1. The second-order valence-corrected chi connectivity index (χ2v) is 11.3. The summed E-state index contributed by atoms with van der Waals surface area (Å²) in [5, 5.41) is 21.1. The summed E-state index contributed by atoms with van der Waals surface area (Å²) < 4.78 is 13.0. The number of hydrogen-bond donors (Lipinski definition) is 3. The van der Waals surface area contributed by atoms with Gasteiger partial charge in [0.05, 0.1) is 18.8 Å². The smallest absolute Gasteiger partial charge is 0.303 e. The molecule has 11 heteroatoms. The minimum Gasteiger partial charge on any atom is -0.481 e. The highest BCUT2D eigenvalue weighted by atomic mass is 16.7. The van der Waals surface area contributed by atoms with Crippen molar-refractivity contribution in [1.29, 1.82) is 0 Å². The first-order valence-electron chi connectivity index (χ1n) is 15.3. The van der Waals surface area contributed by atoms with Gasteiger partial charge in [0.15, 0.2) is 6.29 Å². The van der Waals surface area contributed by atoms with Crippen LogP contribution in [0.25, 0.3) is 0 Å². The Morgan fingerprint density at radius 1 is 0.864 bits per heavy atom. The molecular weight excluding hydrogens is 562 g/mol. The molecule has 11 nitrogen and oxygen atoms in total. The van der Waals surface area contributed by atoms with Crippen molar-refractivity contribution < 1.29 is 29.3 Å². The lowest BCUT2D eigenvalue weighted by molar-refractivity contribution is -0.253. The van der Waals surface area contributed by atoms with Crippen LogP contribution in [-0.2, 0) is 32.2 Å². The van der Waals surface area contributed by atoms with E-state index in [-0.39, 0.29) is 31.1 Å². The first-order chi connectivity index (χ1) is 21.5. The fourth-order valence-corrected chi connectivity index (χ4v) is 5.55. The average Bonchev–Trinajstić information content (AvgIpc) is 3.06. The van der Waals surface area contributed by atoms with Crippen molar-refractivity contribution in [2.75, 3.05) is 37.6 Å². The molecule has 234 valence electrons. The Bertz CT molecular complexity index is 1330. The highest BCUT2D eigenvalue weighted by molar-refractivity contribution is 5.75. The predicted molar refractivity (Wildman–Crippen MR) is 163 cm³/mol. The molecule has 2 aliphatic rings. The number of carboxylic acids is 1. The maximum atomic E-state index is 12.2. The first-order valence-corrected chi connectivity index (χ1v) is 15.3. The predicted octanol–water partition coefficient (Wildman–Crippen LogP) is 3.60. The monoisotopic (exact) mass is 603 g/mol. The van der Waals surface area contributed by atoms with Crippen molar-refractivity contribution in [1.82, 2.24) is 20.2 Å². The largest absolute Gasteiger partial charge is 0.481 e. The van der Waals surface area contributed by atoms with E-state index in [2.05, 4.69) is 25.1 Å². The number of piperazine rings is 1. The summed E-state index contributed by atoms with van der Waals surface area (Å²) in [5.74, 6) is -0.168. The number of carboxylic acid groups (broad SMARTS) is 1. The number of hydrogen-bond acceptors (Lipinski definition) is 9. The maximum Gasteiger partial charge on any atom is 0.303 e. The molecule has 2 fully saturated rings. The van der Waals surface area contributed by atoms with Crippen molar-refractivity contribution in [2.45, 2.75) is 63.8 Å². The zero-order valence-corrected chi connectivity index (χ0v) is 24.9. The Kier molecular flexibility index (Phi) is 11.3. The molecule has 0 radical (unpaired) electrons. The highest BCUT2D eigenvalue weighted by Crippen LogP contribution is 2.38. The molecule has 5 rings (SSSR count). The van der Waals surface area contributed by atoms with E-state index in [0.29, 0.717) is 32.2 Å². The number of aromatic nitrogens is 2. The van der Waals surface area contributed by atoms with Crippen molar-refractivity contribution in [2.24, 2.45) is 0 Å². The zero-order valence-electron chi connectivity index (χ0n) is 24.9. The molecule has 3 heterocycles. The van der Waals surface area contributed by atoms with Crippen LogP contribution in [0.15, 0.2) is 67.0 Å². The number of rotatable bonds is 13. The number of ether oxygens (including phenoxy) is 2. The van der Waals surface area contributed by atoms with Gasteiger partial charge in [0.2, 0.25) is 11.9 Å². The third-order valence-electron chi connectivity index (χ3n) is 8.07. The van der Waals surface area contributed by atoms with Crippen molar-refractivity contribution in [3.05, 3.63) is 89.2 Å². The van der Waals surface area contributed by atoms with Gasteiger partial charge in [-0.3, -0.25) is 14.5 Å². The molecule has 0 saturated carbocycles. The fraction of sp³-hybridized carbons (Fsp3) is 0.455. The van der Waals surface area contributed by atoms with E-state index in [0.717, 1.165) is 60.9 Å². The van der Waals surface area contributed by atoms with Crippen molar-refractivity contribution in [3.63, 3.8) is 0 Å². The van der Waals surface area contributed by atoms with E-state index in [9.17, 15) is 14.7 Å². The van der Waals surface area contributed by atoms with Gasteiger partial charge in [-0.1, -0.05) is 48.5 Å². The molecule has 2 aromatic carbocycles. The van der Waals surface area contributed by atoms with Gasteiger partial charge in [-0.05, 0) is 35.6 Å². The van der Waals surface area contributed by atoms with Crippen molar-refractivity contribution >= 4 is 17.8 Å². The van der Waals surface area contributed by atoms with Gasteiger partial charge in [0, 0.05) is 76.5 Å². The summed E-state index contributed by atoms with van der Waals surface area (Å²) in [4.78, 5) is 36.2. The van der Waals surface area contributed by atoms with Gasteiger partial charge in [0.25, 0.3) is 0 Å². The van der Waals surface area contributed by atoms with Gasteiger partial charge in [0.1, 0.15) is 0 Å². The summed E-state index contributed by atoms with van der Waals surface area (Å²) in [5.41, 5.74) is 3.77. The number of aliphatic hydroxyl groups excluding tert-OH is 1. The first kappa shape index (κ1) is 31.5. The number of nitrogens with zero attached hydrogens (tertiary/aromatic N) is 4. The van der Waals surface area contributed by atoms with Crippen LogP contribution in [0.5, 0.6) is 0 Å². The number of nitrogens with one attached hydrogen (secondary N) is 1. The Morgan fingerprint density at radius 3 is 2.20 bits per heavy atom. The lowest BCUT2D eigenvalue weighted by Gasteiger charge is -2.40. The Labute approximate surface area is 257 Å². The third kappa shape index (κ3) is 9.06. The quantitative estimate of drug-likeness (QED) is 0.249. The molecule has 3 N–H and O–H groups in total.